The van der Waals surface area contributed by atoms with Crippen molar-refractivity contribution in [3.8, 4) is 0 Å². The molecule has 0 aliphatic carbocycles. The van der Waals surface area contributed by atoms with E-state index in [1.54, 1.807) is 0 Å². The zero-order valence-electron chi connectivity index (χ0n) is 9.35. The molecule has 1 aromatic rings. The van der Waals surface area contributed by atoms with Crippen LogP contribution in [-0.2, 0) is 6.54 Å². The van der Waals surface area contributed by atoms with Crippen LogP contribution in [0, 0.1) is 20.8 Å². The van der Waals surface area contributed by atoms with Crippen LogP contribution in [0.15, 0.2) is 6.20 Å². The summed E-state index contributed by atoms with van der Waals surface area (Å²) in [4.78, 5) is 0. The molecule has 0 bridgehead atoms. The van der Waals surface area contributed by atoms with Gasteiger partial charge in [0.15, 0.2) is 0 Å². The summed E-state index contributed by atoms with van der Waals surface area (Å²) in [5.41, 5.74) is 4.32. The summed E-state index contributed by atoms with van der Waals surface area (Å²) in [6.07, 6.45) is 6.24. The molecule has 0 N–H and O–H groups in total. The summed E-state index contributed by atoms with van der Waals surface area (Å²) in [7, 11) is 0. The van der Waals surface area contributed by atoms with Gasteiger partial charge >= 0.3 is 0 Å². The lowest BCUT2D eigenvalue weighted by atomic mass is 10.2. The molecule has 0 aliphatic heterocycles. The SMILES string of the molecule is CCCCCn1cc(C)c(C)c1C. The van der Waals surface area contributed by atoms with Crippen molar-refractivity contribution in [3.63, 3.8) is 0 Å². The first kappa shape index (κ1) is 10.4. The third kappa shape index (κ3) is 2.36. The molecule has 1 nitrogen and oxygen atoms in total. The molecule has 0 aromatic carbocycles. The Morgan fingerprint density at radius 2 is 1.85 bits per heavy atom. The maximum Gasteiger partial charge on any atom is 0.0222 e. The summed E-state index contributed by atoms with van der Waals surface area (Å²) >= 11 is 0. The standard InChI is InChI=1S/C12H21N/c1-5-6-7-8-13-9-10(2)11(3)12(13)4/h9H,5-8H2,1-4H3. The van der Waals surface area contributed by atoms with Gasteiger partial charge in [0.25, 0.3) is 0 Å². The van der Waals surface area contributed by atoms with Crippen molar-refractivity contribution >= 4 is 0 Å². The number of hydrogen-bond donors (Lipinski definition) is 0. The molecule has 0 radical (unpaired) electrons. The van der Waals surface area contributed by atoms with Crippen LogP contribution in [-0.4, -0.2) is 4.57 Å². The molecule has 0 saturated carbocycles. The molecule has 1 rings (SSSR count). The van der Waals surface area contributed by atoms with Crippen LogP contribution in [0.5, 0.6) is 0 Å². The third-order valence-electron chi connectivity index (χ3n) is 2.92. The minimum atomic E-state index is 1.19. The number of nitrogens with zero attached hydrogens (tertiary/aromatic N) is 1. The average Bonchev–Trinajstić information content (AvgIpc) is 2.34. The molecular formula is C12H21N. The lowest BCUT2D eigenvalue weighted by Gasteiger charge is -2.05. The Morgan fingerprint density at radius 3 is 2.31 bits per heavy atom. The number of rotatable bonds is 4. The molecular weight excluding hydrogens is 158 g/mol. The number of aromatic nitrogens is 1. The Labute approximate surface area is 81.8 Å². The average molecular weight is 179 g/mol. The Hall–Kier alpha value is -0.720. The predicted octanol–water partition coefficient (Wildman–Crippen LogP) is 3.60. The zero-order valence-corrected chi connectivity index (χ0v) is 9.35. The van der Waals surface area contributed by atoms with Crippen molar-refractivity contribution < 1.29 is 0 Å². The third-order valence-corrected chi connectivity index (χ3v) is 2.92. The molecule has 0 aliphatic rings. The van der Waals surface area contributed by atoms with Gasteiger partial charge in [-0.25, -0.2) is 0 Å². The number of unbranched alkanes of at least 4 members (excludes halogenated alkanes) is 2. The van der Waals surface area contributed by atoms with Crippen LogP contribution >= 0.6 is 0 Å². The van der Waals surface area contributed by atoms with Gasteiger partial charge in [0.05, 0.1) is 0 Å². The number of hydrogen-bond acceptors (Lipinski definition) is 0. The van der Waals surface area contributed by atoms with Gasteiger partial charge in [-0.3, -0.25) is 0 Å². The van der Waals surface area contributed by atoms with Crippen LogP contribution in [0.25, 0.3) is 0 Å². The second kappa shape index (κ2) is 4.50. The molecule has 1 aromatic heterocycles. The van der Waals surface area contributed by atoms with E-state index in [1.165, 1.54) is 42.6 Å². The van der Waals surface area contributed by atoms with E-state index >= 15 is 0 Å². The topological polar surface area (TPSA) is 4.93 Å². The van der Waals surface area contributed by atoms with Crippen LogP contribution in [0.2, 0.25) is 0 Å². The first-order valence-corrected chi connectivity index (χ1v) is 5.29. The van der Waals surface area contributed by atoms with Gasteiger partial charge < -0.3 is 4.57 Å². The lowest BCUT2D eigenvalue weighted by Crippen LogP contribution is -1.98. The van der Waals surface area contributed by atoms with Gasteiger partial charge in [0.2, 0.25) is 0 Å². The minimum Gasteiger partial charge on any atom is -0.351 e. The highest BCUT2D eigenvalue weighted by molar-refractivity contribution is 5.28. The predicted molar refractivity (Wildman–Crippen MR) is 58.2 cm³/mol. The molecule has 74 valence electrons. The van der Waals surface area contributed by atoms with Crippen LogP contribution in [0.3, 0.4) is 0 Å². The van der Waals surface area contributed by atoms with Crippen molar-refractivity contribution in [1.29, 1.82) is 0 Å². The Kier molecular flexibility index (Phi) is 3.58. The fraction of sp³-hybridized carbons (Fsp3) is 0.667. The van der Waals surface area contributed by atoms with Crippen molar-refractivity contribution in [2.45, 2.75) is 53.5 Å². The first-order valence-electron chi connectivity index (χ1n) is 5.29. The molecule has 1 heterocycles. The quantitative estimate of drug-likeness (QED) is 0.622. The van der Waals surface area contributed by atoms with E-state index in [2.05, 4.69) is 38.5 Å². The van der Waals surface area contributed by atoms with Gasteiger partial charge in [-0.1, -0.05) is 19.8 Å². The highest BCUT2D eigenvalue weighted by Crippen LogP contribution is 2.15. The van der Waals surface area contributed by atoms with Gasteiger partial charge in [-0.05, 0) is 38.3 Å². The van der Waals surface area contributed by atoms with E-state index < -0.39 is 0 Å². The van der Waals surface area contributed by atoms with E-state index in [1.807, 2.05) is 0 Å². The summed E-state index contributed by atoms with van der Waals surface area (Å²) < 4.78 is 2.39. The molecule has 0 saturated heterocycles. The van der Waals surface area contributed by atoms with Crippen LogP contribution in [0.4, 0.5) is 0 Å². The van der Waals surface area contributed by atoms with Gasteiger partial charge in [-0.15, -0.1) is 0 Å². The first-order chi connectivity index (χ1) is 6.16. The zero-order chi connectivity index (χ0) is 9.84. The molecule has 0 fully saturated rings. The van der Waals surface area contributed by atoms with Crippen molar-refractivity contribution in [3.05, 3.63) is 23.0 Å². The highest BCUT2D eigenvalue weighted by Gasteiger charge is 2.03. The monoisotopic (exact) mass is 179 g/mol. The van der Waals surface area contributed by atoms with Crippen molar-refractivity contribution in [1.82, 2.24) is 4.57 Å². The maximum atomic E-state index is 2.39. The van der Waals surface area contributed by atoms with E-state index in [-0.39, 0.29) is 0 Å². The van der Waals surface area contributed by atoms with E-state index in [9.17, 15) is 0 Å². The largest absolute Gasteiger partial charge is 0.351 e. The fourth-order valence-corrected chi connectivity index (χ4v) is 1.69. The minimum absolute atomic E-state index is 1.19. The smallest absolute Gasteiger partial charge is 0.0222 e. The fourth-order valence-electron chi connectivity index (χ4n) is 1.69. The van der Waals surface area contributed by atoms with Crippen LogP contribution < -0.4 is 0 Å². The van der Waals surface area contributed by atoms with E-state index in [0.717, 1.165) is 0 Å². The Balaban J connectivity index is 2.61. The van der Waals surface area contributed by atoms with Gasteiger partial charge in [0, 0.05) is 18.4 Å². The second-order valence-electron chi connectivity index (χ2n) is 3.92. The van der Waals surface area contributed by atoms with Gasteiger partial charge in [-0.2, -0.15) is 0 Å². The lowest BCUT2D eigenvalue weighted by molar-refractivity contribution is 0.593. The maximum absolute atomic E-state index is 2.39. The molecule has 0 spiro atoms. The van der Waals surface area contributed by atoms with Gasteiger partial charge in [0.1, 0.15) is 0 Å². The van der Waals surface area contributed by atoms with Crippen LogP contribution in [0.1, 0.15) is 43.0 Å². The summed E-state index contributed by atoms with van der Waals surface area (Å²) in [6, 6.07) is 0. The number of aryl methyl sites for hydroxylation is 2. The summed E-state index contributed by atoms with van der Waals surface area (Å²) in [5.74, 6) is 0. The molecule has 13 heavy (non-hydrogen) atoms. The Morgan fingerprint density at radius 1 is 1.15 bits per heavy atom. The molecule has 0 unspecified atom stereocenters. The summed E-state index contributed by atoms with van der Waals surface area (Å²) in [5, 5.41) is 0. The van der Waals surface area contributed by atoms with Crippen molar-refractivity contribution in [2.24, 2.45) is 0 Å². The molecule has 1 heteroatoms. The second-order valence-corrected chi connectivity index (χ2v) is 3.92. The van der Waals surface area contributed by atoms with E-state index in [4.69, 9.17) is 0 Å². The molecule has 0 atom stereocenters. The normalized spacial score (nSPS) is 10.8. The Bertz CT molecular complexity index is 271. The van der Waals surface area contributed by atoms with E-state index in [0.29, 0.717) is 0 Å². The summed E-state index contributed by atoms with van der Waals surface area (Å²) in [6.45, 7) is 10.1. The molecule has 0 amide bonds. The van der Waals surface area contributed by atoms with Crippen molar-refractivity contribution in [2.75, 3.05) is 0 Å². The highest BCUT2D eigenvalue weighted by atomic mass is 15.0.